The number of benzene rings is 1. The molecule has 0 radical (unpaired) electrons. The maximum Gasteiger partial charge on any atom is 0.194 e. The summed E-state index contributed by atoms with van der Waals surface area (Å²) in [4.78, 5) is 1.61. The Morgan fingerprint density at radius 1 is 1.20 bits per heavy atom. The summed E-state index contributed by atoms with van der Waals surface area (Å²) in [5, 5.41) is 8.61. The average Bonchev–Trinajstić information content (AvgIpc) is 2.20. The molecule has 0 atom stereocenters. The lowest BCUT2D eigenvalue weighted by Crippen LogP contribution is -2.22. The molecule has 0 saturated heterocycles. The zero-order valence-electron chi connectivity index (χ0n) is 8.30. The maximum atomic E-state index is 13.2. The fourth-order valence-electron chi connectivity index (χ4n) is 1.23. The van der Waals surface area contributed by atoms with Gasteiger partial charge in [0.25, 0.3) is 0 Å². The van der Waals surface area contributed by atoms with Crippen LogP contribution in [0.2, 0.25) is 0 Å². The van der Waals surface area contributed by atoms with Gasteiger partial charge in [0.1, 0.15) is 0 Å². The van der Waals surface area contributed by atoms with Gasteiger partial charge in [-0.05, 0) is 13.1 Å². The Hall–Kier alpha value is -1.07. The SMILES string of the molecule is CN(CCO)Cc1ccc(F)c(F)c1F. The van der Waals surface area contributed by atoms with Crippen molar-refractivity contribution < 1.29 is 18.3 Å². The van der Waals surface area contributed by atoms with Gasteiger partial charge >= 0.3 is 0 Å². The summed E-state index contributed by atoms with van der Waals surface area (Å²) in [6.45, 7) is 0.407. The molecule has 1 aromatic rings. The molecule has 0 spiro atoms. The van der Waals surface area contributed by atoms with Gasteiger partial charge in [-0.25, -0.2) is 13.2 Å². The van der Waals surface area contributed by atoms with Crippen molar-refractivity contribution in [1.29, 1.82) is 0 Å². The van der Waals surface area contributed by atoms with Gasteiger partial charge in [-0.15, -0.1) is 0 Å². The topological polar surface area (TPSA) is 23.5 Å². The van der Waals surface area contributed by atoms with Crippen LogP contribution in [0.4, 0.5) is 13.2 Å². The summed E-state index contributed by atoms with van der Waals surface area (Å²) in [5.74, 6) is -3.81. The van der Waals surface area contributed by atoms with E-state index in [1.165, 1.54) is 6.07 Å². The van der Waals surface area contributed by atoms with Gasteiger partial charge in [-0.3, -0.25) is 4.90 Å². The van der Waals surface area contributed by atoms with Crippen molar-refractivity contribution in [3.63, 3.8) is 0 Å². The van der Waals surface area contributed by atoms with Crippen molar-refractivity contribution in [2.24, 2.45) is 0 Å². The fourth-order valence-corrected chi connectivity index (χ4v) is 1.23. The highest BCUT2D eigenvalue weighted by Gasteiger charge is 2.14. The van der Waals surface area contributed by atoms with E-state index < -0.39 is 17.5 Å². The van der Waals surface area contributed by atoms with E-state index in [1.807, 2.05) is 0 Å². The highest BCUT2D eigenvalue weighted by atomic mass is 19.2. The van der Waals surface area contributed by atoms with Gasteiger partial charge in [-0.2, -0.15) is 0 Å². The lowest BCUT2D eigenvalue weighted by molar-refractivity contribution is 0.215. The van der Waals surface area contributed by atoms with Gasteiger partial charge in [0.15, 0.2) is 17.5 Å². The second-order valence-corrected chi connectivity index (χ2v) is 3.30. The van der Waals surface area contributed by atoms with Crippen LogP contribution in [0.15, 0.2) is 12.1 Å². The molecule has 0 heterocycles. The van der Waals surface area contributed by atoms with E-state index >= 15 is 0 Å². The Morgan fingerprint density at radius 2 is 1.87 bits per heavy atom. The molecule has 15 heavy (non-hydrogen) atoms. The number of rotatable bonds is 4. The third-order valence-corrected chi connectivity index (χ3v) is 2.04. The maximum absolute atomic E-state index is 13.2. The third kappa shape index (κ3) is 2.94. The Morgan fingerprint density at radius 3 is 2.47 bits per heavy atom. The summed E-state index contributed by atoms with van der Waals surface area (Å²) in [5.41, 5.74) is 0.0739. The first-order valence-corrected chi connectivity index (χ1v) is 4.48. The number of likely N-dealkylation sites (N-methyl/N-ethyl adjacent to an activating group) is 1. The average molecular weight is 219 g/mol. The lowest BCUT2D eigenvalue weighted by atomic mass is 10.2. The van der Waals surface area contributed by atoms with E-state index in [-0.39, 0.29) is 18.7 Å². The third-order valence-electron chi connectivity index (χ3n) is 2.04. The standard InChI is InChI=1S/C10H12F3NO/c1-14(4-5-15)6-7-2-3-8(11)10(13)9(7)12/h2-3,15H,4-6H2,1H3. The highest BCUT2D eigenvalue weighted by Crippen LogP contribution is 2.16. The lowest BCUT2D eigenvalue weighted by Gasteiger charge is -2.15. The fraction of sp³-hybridized carbons (Fsp3) is 0.400. The quantitative estimate of drug-likeness (QED) is 0.776. The predicted molar refractivity (Wildman–Crippen MR) is 49.7 cm³/mol. The smallest absolute Gasteiger partial charge is 0.194 e. The minimum Gasteiger partial charge on any atom is -0.395 e. The predicted octanol–water partition coefficient (Wildman–Crippen LogP) is 1.53. The van der Waals surface area contributed by atoms with Crippen LogP contribution in [0.1, 0.15) is 5.56 Å². The van der Waals surface area contributed by atoms with Gasteiger partial charge in [-0.1, -0.05) is 6.07 Å². The molecule has 0 bridgehead atoms. The highest BCUT2D eigenvalue weighted by molar-refractivity contribution is 5.20. The van der Waals surface area contributed by atoms with Gasteiger partial charge in [0, 0.05) is 18.7 Å². The van der Waals surface area contributed by atoms with E-state index in [0.29, 0.717) is 6.54 Å². The molecular weight excluding hydrogens is 207 g/mol. The van der Waals surface area contributed by atoms with Crippen molar-refractivity contribution in [1.82, 2.24) is 4.90 Å². The minimum absolute atomic E-state index is 0.0677. The van der Waals surface area contributed by atoms with Gasteiger partial charge < -0.3 is 5.11 Å². The van der Waals surface area contributed by atoms with Crippen LogP contribution in [0, 0.1) is 17.5 Å². The Bertz CT molecular complexity index is 344. The summed E-state index contributed by atoms with van der Waals surface area (Å²) >= 11 is 0. The van der Waals surface area contributed by atoms with Crippen LogP contribution < -0.4 is 0 Å². The van der Waals surface area contributed by atoms with E-state index in [0.717, 1.165) is 6.07 Å². The normalized spacial score (nSPS) is 11.1. The molecule has 0 aliphatic heterocycles. The van der Waals surface area contributed by atoms with Gasteiger partial charge in [0.2, 0.25) is 0 Å². The number of aliphatic hydroxyl groups is 1. The molecule has 0 aliphatic rings. The Labute approximate surface area is 85.9 Å². The number of halogens is 3. The van der Waals surface area contributed by atoms with Crippen LogP contribution in [-0.2, 0) is 6.54 Å². The molecule has 0 fully saturated rings. The number of hydrogen-bond acceptors (Lipinski definition) is 2. The number of hydrogen-bond donors (Lipinski definition) is 1. The molecule has 0 aliphatic carbocycles. The summed E-state index contributed by atoms with van der Waals surface area (Å²) in [6.07, 6.45) is 0. The van der Waals surface area contributed by atoms with Crippen LogP contribution in [0.5, 0.6) is 0 Å². The van der Waals surface area contributed by atoms with Crippen molar-refractivity contribution in [2.75, 3.05) is 20.2 Å². The number of aliphatic hydroxyl groups excluding tert-OH is 1. The summed E-state index contributed by atoms with van der Waals surface area (Å²) in [7, 11) is 1.65. The van der Waals surface area contributed by atoms with E-state index in [4.69, 9.17) is 5.11 Å². The molecule has 1 rings (SSSR count). The van der Waals surface area contributed by atoms with Crippen molar-refractivity contribution >= 4 is 0 Å². The number of nitrogens with zero attached hydrogens (tertiary/aromatic N) is 1. The molecular formula is C10H12F3NO. The molecule has 1 aromatic carbocycles. The molecule has 0 amide bonds. The first-order chi connectivity index (χ1) is 7.06. The Kier molecular flexibility index (Phi) is 4.11. The van der Waals surface area contributed by atoms with E-state index in [9.17, 15) is 13.2 Å². The van der Waals surface area contributed by atoms with Crippen molar-refractivity contribution in [3.8, 4) is 0 Å². The molecule has 0 saturated carbocycles. The first-order valence-electron chi connectivity index (χ1n) is 4.48. The molecule has 2 nitrogen and oxygen atoms in total. The molecule has 0 unspecified atom stereocenters. The minimum atomic E-state index is -1.45. The molecule has 84 valence electrons. The van der Waals surface area contributed by atoms with E-state index in [2.05, 4.69) is 0 Å². The first kappa shape index (κ1) is 12.0. The summed E-state index contributed by atoms with van der Waals surface area (Å²) in [6, 6.07) is 2.09. The molecule has 1 N–H and O–H groups in total. The van der Waals surface area contributed by atoms with Crippen molar-refractivity contribution in [2.45, 2.75) is 6.54 Å². The summed E-state index contributed by atoms with van der Waals surface area (Å²) < 4.78 is 38.5. The second-order valence-electron chi connectivity index (χ2n) is 3.30. The zero-order valence-corrected chi connectivity index (χ0v) is 8.30. The largest absolute Gasteiger partial charge is 0.395 e. The Balaban J connectivity index is 2.82. The monoisotopic (exact) mass is 219 g/mol. The van der Waals surface area contributed by atoms with Crippen LogP contribution in [-0.4, -0.2) is 30.2 Å². The van der Waals surface area contributed by atoms with Crippen LogP contribution in [0.25, 0.3) is 0 Å². The molecule has 0 aromatic heterocycles. The van der Waals surface area contributed by atoms with Crippen molar-refractivity contribution in [3.05, 3.63) is 35.1 Å². The second kappa shape index (κ2) is 5.14. The van der Waals surface area contributed by atoms with Crippen LogP contribution >= 0.6 is 0 Å². The van der Waals surface area contributed by atoms with Gasteiger partial charge in [0.05, 0.1) is 6.61 Å². The van der Waals surface area contributed by atoms with E-state index in [1.54, 1.807) is 11.9 Å². The van der Waals surface area contributed by atoms with Crippen LogP contribution in [0.3, 0.4) is 0 Å². The molecule has 5 heteroatoms. The zero-order chi connectivity index (χ0) is 11.4.